The molecule has 0 saturated carbocycles. The predicted octanol–water partition coefficient (Wildman–Crippen LogP) is 1.41. The van der Waals surface area contributed by atoms with Gasteiger partial charge in [0.1, 0.15) is 5.82 Å². The highest BCUT2D eigenvalue weighted by Crippen LogP contribution is 2.16. The van der Waals surface area contributed by atoms with E-state index >= 15 is 0 Å². The number of hydrogen-bond donors (Lipinski definition) is 3. The third-order valence-corrected chi connectivity index (χ3v) is 3.26. The maximum absolute atomic E-state index is 12.1. The molecule has 3 N–H and O–H groups in total. The van der Waals surface area contributed by atoms with Crippen molar-refractivity contribution in [3.63, 3.8) is 0 Å². The zero-order valence-corrected chi connectivity index (χ0v) is 11.8. The van der Waals surface area contributed by atoms with Gasteiger partial charge >= 0.3 is 0 Å². The van der Waals surface area contributed by atoms with Crippen molar-refractivity contribution in [1.29, 1.82) is 0 Å². The number of para-hydroxylation sites is 1. The van der Waals surface area contributed by atoms with Gasteiger partial charge in [-0.1, -0.05) is 18.2 Å². The molecule has 108 valence electrons. The Labute approximate surface area is 121 Å². The highest BCUT2D eigenvalue weighted by atomic mass is 16.1. The second-order valence-corrected chi connectivity index (χ2v) is 4.96. The third-order valence-electron chi connectivity index (χ3n) is 3.26. The first-order valence-electron chi connectivity index (χ1n) is 6.73. The van der Waals surface area contributed by atoms with E-state index in [1.807, 2.05) is 38.1 Å². The summed E-state index contributed by atoms with van der Waals surface area (Å²) in [5, 5.41) is 17.7. The second kappa shape index (κ2) is 5.35. The number of benzene rings is 1. The van der Waals surface area contributed by atoms with Crippen LogP contribution in [0.2, 0.25) is 0 Å². The van der Waals surface area contributed by atoms with Crippen LogP contribution in [-0.2, 0) is 11.2 Å². The Morgan fingerprint density at radius 3 is 2.86 bits per heavy atom. The summed E-state index contributed by atoms with van der Waals surface area (Å²) >= 11 is 0. The molecule has 0 bridgehead atoms. The average Bonchev–Trinajstić information content (AvgIpc) is 3.06. The van der Waals surface area contributed by atoms with Gasteiger partial charge in [-0.25, -0.2) is 4.98 Å². The molecule has 7 nitrogen and oxygen atoms in total. The number of hydrogen-bond acceptors (Lipinski definition) is 4. The summed E-state index contributed by atoms with van der Waals surface area (Å²) < 4.78 is 0. The molecule has 0 aliphatic heterocycles. The van der Waals surface area contributed by atoms with Crippen molar-refractivity contribution in [2.45, 2.75) is 26.3 Å². The number of aromatic amines is 2. The maximum Gasteiger partial charge on any atom is 0.226 e. The Morgan fingerprint density at radius 1 is 1.29 bits per heavy atom. The van der Waals surface area contributed by atoms with E-state index in [-0.39, 0.29) is 18.4 Å². The van der Waals surface area contributed by atoms with E-state index in [4.69, 9.17) is 0 Å². The number of amides is 1. The molecule has 0 aliphatic rings. The fourth-order valence-electron chi connectivity index (χ4n) is 2.22. The molecule has 0 fully saturated rings. The third kappa shape index (κ3) is 2.76. The van der Waals surface area contributed by atoms with Gasteiger partial charge in [0.05, 0.1) is 23.7 Å². The Kier molecular flexibility index (Phi) is 3.39. The van der Waals surface area contributed by atoms with Crippen molar-refractivity contribution in [2.75, 3.05) is 0 Å². The van der Waals surface area contributed by atoms with Crippen LogP contribution in [0.3, 0.4) is 0 Å². The molecule has 3 aromatic rings. The van der Waals surface area contributed by atoms with Crippen LogP contribution in [-0.4, -0.2) is 31.3 Å². The van der Waals surface area contributed by atoms with Gasteiger partial charge < -0.3 is 5.32 Å². The van der Waals surface area contributed by atoms with Gasteiger partial charge in [-0.2, -0.15) is 10.2 Å². The summed E-state index contributed by atoms with van der Waals surface area (Å²) in [6.07, 6.45) is 0.244. The smallest absolute Gasteiger partial charge is 0.226 e. The zero-order valence-electron chi connectivity index (χ0n) is 11.8. The van der Waals surface area contributed by atoms with Crippen LogP contribution in [0.25, 0.3) is 10.9 Å². The van der Waals surface area contributed by atoms with Crippen molar-refractivity contribution in [2.24, 2.45) is 0 Å². The topological polar surface area (TPSA) is 99.3 Å². The molecule has 3 rings (SSSR count). The van der Waals surface area contributed by atoms with Gasteiger partial charge in [-0.15, -0.1) is 0 Å². The number of rotatable bonds is 4. The number of nitrogens with one attached hydrogen (secondary N) is 3. The molecule has 1 atom stereocenters. The zero-order chi connectivity index (χ0) is 14.8. The number of H-pyrrole nitrogens is 2. The summed E-state index contributed by atoms with van der Waals surface area (Å²) in [5.74, 6) is 1.21. The number of nitrogens with zero attached hydrogens (tertiary/aromatic N) is 3. The number of aromatic nitrogens is 5. The molecule has 0 saturated heterocycles. The van der Waals surface area contributed by atoms with Gasteiger partial charge in [0.25, 0.3) is 0 Å². The summed E-state index contributed by atoms with van der Waals surface area (Å²) in [4.78, 5) is 16.3. The van der Waals surface area contributed by atoms with Gasteiger partial charge in [-0.05, 0) is 19.9 Å². The van der Waals surface area contributed by atoms with E-state index in [9.17, 15) is 4.79 Å². The Bertz CT molecular complexity index is 774. The largest absolute Gasteiger partial charge is 0.346 e. The molecule has 2 aromatic heterocycles. The molecule has 0 radical (unpaired) electrons. The number of aryl methyl sites for hydroxylation is 1. The molecule has 1 amide bonds. The minimum atomic E-state index is -0.239. The number of carbonyl (C=O) groups is 1. The van der Waals surface area contributed by atoms with Crippen LogP contribution in [0, 0.1) is 6.92 Å². The average molecular weight is 284 g/mol. The van der Waals surface area contributed by atoms with E-state index < -0.39 is 0 Å². The quantitative estimate of drug-likeness (QED) is 0.674. The molecule has 7 heteroatoms. The molecular weight excluding hydrogens is 268 g/mol. The minimum Gasteiger partial charge on any atom is -0.346 e. The van der Waals surface area contributed by atoms with E-state index in [1.54, 1.807) is 0 Å². The van der Waals surface area contributed by atoms with E-state index in [0.29, 0.717) is 5.82 Å². The molecule has 0 spiro atoms. The number of fused-ring (bicyclic) bond motifs is 1. The van der Waals surface area contributed by atoms with Gasteiger partial charge in [0, 0.05) is 5.39 Å². The van der Waals surface area contributed by atoms with Crippen LogP contribution in [0.1, 0.15) is 30.3 Å². The van der Waals surface area contributed by atoms with Crippen LogP contribution in [0.4, 0.5) is 0 Å². The lowest BCUT2D eigenvalue weighted by atomic mass is 10.1. The molecule has 0 unspecified atom stereocenters. The normalized spacial score (nSPS) is 12.5. The lowest BCUT2D eigenvalue weighted by Crippen LogP contribution is -2.29. The highest BCUT2D eigenvalue weighted by Gasteiger charge is 2.15. The lowest BCUT2D eigenvalue weighted by Gasteiger charge is -2.09. The molecule has 1 aromatic carbocycles. The minimum absolute atomic E-state index is 0.0978. The summed E-state index contributed by atoms with van der Waals surface area (Å²) in [6, 6.07) is 7.46. The van der Waals surface area contributed by atoms with E-state index in [0.717, 1.165) is 22.4 Å². The number of carbonyl (C=O) groups excluding carboxylic acids is 1. The van der Waals surface area contributed by atoms with Crippen molar-refractivity contribution in [3.8, 4) is 0 Å². The lowest BCUT2D eigenvalue weighted by molar-refractivity contribution is -0.121. The first-order chi connectivity index (χ1) is 10.1. The second-order valence-electron chi connectivity index (χ2n) is 4.96. The van der Waals surface area contributed by atoms with Crippen LogP contribution >= 0.6 is 0 Å². The van der Waals surface area contributed by atoms with Crippen LogP contribution in [0.15, 0.2) is 24.3 Å². The Balaban J connectivity index is 1.69. The van der Waals surface area contributed by atoms with Crippen molar-refractivity contribution in [1.82, 2.24) is 30.7 Å². The molecule has 0 aliphatic carbocycles. The van der Waals surface area contributed by atoms with Gasteiger partial charge in [0.15, 0.2) is 5.82 Å². The van der Waals surface area contributed by atoms with Crippen molar-refractivity contribution >= 4 is 16.8 Å². The standard InChI is InChI=1S/C14H16N6O/c1-8(14-16-9(2)17-20-14)15-13(21)7-12-10-5-3-4-6-11(10)18-19-12/h3-6,8H,7H2,1-2H3,(H,15,21)(H,18,19)(H,16,17,20)/t8-/m1/s1. The summed E-state index contributed by atoms with van der Waals surface area (Å²) in [6.45, 7) is 3.67. The summed E-state index contributed by atoms with van der Waals surface area (Å²) in [5.41, 5.74) is 1.67. The van der Waals surface area contributed by atoms with Crippen molar-refractivity contribution < 1.29 is 4.79 Å². The Morgan fingerprint density at radius 2 is 2.10 bits per heavy atom. The van der Waals surface area contributed by atoms with E-state index in [1.165, 1.54) is 0 Å². The SMILES string of the molecule is Cc1nc([C@@H](C)NC(=O)Cc2[nH]nc3ccccc23)n[nH]1. The fourth-order valence-corrected chi connectivity index (χ4v) is 2.22. The molecule has 2 heterocycles. The molecular formula is C14H16N6O. The van der Waals surface area contributed by atoms with Gasteiger partial charge in [-0.3, -0.25) is 15.0 Å². The first-order valence-corrected chi connectivity index (χ1v) is 6.73. The monoisotopic (exact) mass is 284 g/mol. The first kappa shape index (κ1) is 13.3. The molecule has 21 heavy (non-hydrogen) atoms. The fraction of sp³-hybridized carbons (Fsp3) is 0.286. The van der Waals surface area contributed by atoms with Gasteiger partial charge in [0.2, 0.25) is 5.91 Å². The summed E-state index contributed by atoms with van der Waals surface area (Å²) in [7, 11) is 0. The van der Waals surface area contributed by atoms with Crippen molar-refractivity contribution in [3.05, 3.63) is 41.6 Å². The predicted molar refractivity (Wildman–Crippen MR) is 77.5 cm³/mol. The Hall–Kier alpha value is -2.70. The van der Waals surface area contributed by atoms with Crippen LogP contribution < -0.4 is 5.32 Å². The maximum atomic E-state index is 12.1. The van der Waals surface area contributed by atoms with Crippen LogP contribution in [0.5, 0.6) is 0 Å². The highest BCUT2D eigenvalue weighted by molar-refractivity contribution is 5.87. The van der Waals surface area contributed by atoms with E-state index in [2.05, 4.69) is 30.7 Å².